The average Bonchev–Trinajstić information content (AvgIpc) is 2.81. The summed E-state index contributed by atoms with van der Waals surface area (Å²) >= 11 is 0. The zero-order chi connectivity index (χ0) is 12.3. The maximum Gasteiger partial charge on any atom is 0.305 e. The quantitative estimate of drug-likeness (QED) is 0.738. The molecule has 17 heavy (non-hydrogen) atoms. The molecule has 2 unspecified atom stereocenters. The van der Waals surface area contributed by atoms with Gasteiger partial charge in [-0.05, 0) is 6.42 Å². The topological polar surface area (TPSA) is 76.1 Å². The minimum atomic E-state index is -0.902. The van der Waals surface area contributed by atoms with Gasteiger partial charge in [-0.25, -0.2) is 0 Å². The van der Waals surface area contributed by atoms with Gasteiger partial charge in [-0.1, -0.05) is 0 Å². The minimum absolute atomic E-state index is 0.0112. The lowest BCUT2D eigenvalue weighted by atomic mass is 10.0. The number of carboxylic acid groups (broad SMARTS) is 1. The highest BCUT2D eigenvalue weighted by molar-refractivity contribution is 5.80. The minimum Gasteiger partial charge on any atom is -0.481 e. The molecule has 0 saturated carbocycles. The second-order valence-corrected chi connectivity index (χ2v) is 4.42. The normalized spacial score (nSPS) is 29.3. The second kappa shape index (κ2) is 5.46. The molecule has 2 fully saturated rings. The Labute approximate surface area is 99.5 Å². The van der Waals surface area contributed by atoms with Crippen molar-refractivity contribution in [2.24, 2.45) is 5.92 Å². The number of rotatable bonds is 3. The van der Waals surface area contributed by atoms with Gasteiger partial charge in [0, 0.05) is 13.2 Å². The molecule has 0 aromatic heterocycles. The first kappa shape index (κ1) is 12.3. The van der Waals surface area contributed by atoms with Crippen LogP contribution >= 0.6 is 0 Å². The Morgan fingerprint density at radius 3 is 2.65 bits per heavy atom. The molecule has 2 aliphatic heterocycles. The molecule has 0 aliphatic carbocycles. The Kier molecular flexibility index (Phi) is 3.96. The number of aliphatic carboxylic acids is 1. The Morgan fingerprint density at radius 2 is 2.00 bits per heavy atom. The fourth-order valence-electron chi connectivity index (χ4n) is 2.28. The number of ether oxygens (including phenoxy) is 2. The summed E-state index contributed by atoms with van der Waals surface area (Å²) in [6.45, 7) is 2.34. The summed E-state index contributed by atoms with van der Waals surface area (Å²) in [7, 11) is 0. The fourth-order valence-corrected chi connectivity index (χ4v) is 2.28. The Balaban J connectivity index is 1.99. The molecule has 2 saturated heterocycles. The van der Waals surface area contributed by atoms with Gasteiger partial charge in [0.2, 0.25) is 5.91 Å². The SMILES string of the molecule is O=C(O)CC1COCCN1C(=O)C1CCOC1. The number of carbonyl (C=O) groups is 2. The van der Waals surface area contributed by atoms with Crippen LogP contribution in [0.5, 0.6) is 0 Å². The molecule has 0 aromatic carbocycles. The first-order valence-corrected chi connectivity index (χ1v) is 5.86. The molecular formula is C11H17NO5. The summed E-state index contributed by atoms with van der Waals surface area (Å²) in [5.74, 6) is -0.998. The van der Waals surface area contributed by atoms with Crippen LogP contribution in [0, 0.1) is 5.92 Å². The van der Waals surface area contributed by atoms with Crippen LogP contribution in [0.25, 0.3) is 0 Å². The molecule has 0 spiro atoms. The van der Waals surface area contributed by atoms with Crippen molar-refractivity contribution in [1.82, 2.24) is 4.90 Å². The van der Waals surface area contributed by atoms with E-state index >= 15 is 0 Å². The van der Waals surface area contributed by atoms with Crippen molar-refractivity contribution in [2.45, 2.75) is 18.9 Å². The standard InChI is InChI=1S/C11H17NO5/c13-10(14)5-9-7-17-4-2-12(9)11(15)8-1-3-16-6-8/h8-9H,1-7H2,(H,13,14). The molecular weight excluding hydrogens is 226 g/mol. The van der Waals surface area contributed by atoms with E-state index in [1.165, 1.54) is 0 Å². The van der Waals surface area contributed by atoms with E-state index in [0.29, 0.717) is 33.0 Å². The maximum absolute atomic E-state index is 12.2. The Morgan fingerprint density at radius 1 is 1.24 bits per heavy atom. The summed E-state index contributed by atoms with van der Waals surface area (Å²) in [4.78, 5) is 24.6. The molecule has 2 rings (SSSR count). The monoisotopic (exact) mass is 243 g/mol. The van der Waals surface area contributed by atoms with Crippen molar-refractivity contribution in [1.29, 1.82) is 0 Å². The number of carbonyl (C=O) groups excluding carboxylic acids is 1. The molecule has 0 aromatic rings. The third-order valence-electron chi connectivity index (χ3n) is 3.20. The molecule has 1 N–H and O–H groups in total. The highest BCUT2D eigenvalue weighted by Gasteiger charge is 2.34. The van der Waals surface area contributed by atoms with Gasteiger partial charge in [-0.15, -0.1) is 0 Å². The highest BCUT2D eigenvalue weighted by atomic mass is 16.5. The van der Waals surface area contributed by atoms with E-state index in [1.54, 1.807) is 4.90 Å². The fraction of sp³-hybridized carbons (Fsp3) is 0.818. The van der Waals surface area contributed by atoms with Gasteiger partial charge in [0.15, 0.2) is 0 Å². The van der Waals surface area contributed by atoms with Crippen molar-refractivity contribution < 1.29 is 24.2 Å². The molecule has 2 atom stereocenters. The number of amides is 1. The van der Waals surface area contributed by atoms with E-state index in [0.717, 1.165) is 6.42 Å². The summed E-state index contributed by atoms with van der Waals surface area (Å²) in [6.07, 6.45) is 0.676. The van der Waals surface area contributed by atoms with Gasteiger partial charge < -0.3 is 19.5 Å². The third-order valence-corrected chi connectivity index (χ3v) is 3.20. The van der Waals surface area contributed by atoms with Crippen LogP contribution in [0.15, 0.2) is 0 Å². The zero-order valence-corrected chi connectivity index (χ0v) is 9.63. The Bertz CT molecular complexity index is 300. The van der Waals surface area contributed by atoms with E-state index in [4.69, 9.17) is 14.6 Å². The lowest BCUT2D eigenvalue weighted by molar-refractivity contribution is -0.149. The summed E-state index contributed by atoms with van der Waals surface area (Å²) in [5, 5.41) is 8.81. The van der Waals surface area contributed by atoms with Crippen molar-refractivity contribution in [3.05, 3.63) is 0 Å². The van der Waals surface area contributed by atoms with E-state index < -0.39 is 5.97 Å². The third kappa shape index (κ3) is 2.95. The van der Waals surface area contributed by atoms with Crippen LogP contribution in [0.4, 0.5) is 0 Å². The van der Waals surface area contributed by atoms with Crippen molar-refractivity contribution in [3.8, 4) is 0 Å². The molecule has 0 bridgehead atoms. The first-order chi connectivity index (χ1) is 8.18. The smallest absolute Gasteiger partial charge is 0.305 e. The number of hydrogen-bond acceptors (Lipinski definition) is 4. The second-order valence-electron chi connectivity index (χ2n) is 4.42. The van der Waals surface area contributed by atoms with E-state index in [2.05, 4.69) is 0 Å². The molecule has 2 heterocycles. The van der Waals surface area contributed by atoms with Gasteiger partial charge in [0.1, 0.15) is 0 Å². The largest absolute Gasteiger partial charge is 0.481 e. The molecule has 0 radical (unpaired) electrons. The van der Waals surface area contributed by atoms with Crippen molar-refractivity contribution >= 4 is 11.9 Å². The van der Waals surface area contributed by atoms with Crippen molar-refractivity contribution in [3.63, 3.8) is 0 Å². The molecule has 96 valence electrons. The predicted octanol–water partition coefficient (Wildman–Crippen LogP) is -0.275. The Hall–Kier alpha value is -1.14. The van der Waals surface area contributed by atoms with E-state index in [9.17, 15) is 9.59 Å². The lowest BCUT2D eigenvalue weighted by Gasteiger charge is -2.36. The number of hydrogen-bond donors (Lipinski definition) is 1. The van der Waals surface area contributed by atoms with Gasteiger partial charge in [-0.3, -0.25) is 9.59 Å². The molecule has 1 amide bonds. The van der Waals surface area contributed by atoms with Gasteiger partial charge in [-0.2, -0.15) is 0 Å². The van der Waals surface area contributed by atoms with Gasteiger partial charge in [0.05, 0.1) is 38.2 Å². The maximum atomic E-state index is 12.2. The predicted molar refractivity (Wildman–Crippen MR) is 57.5 cm³/mol. The summed E-state index contributed by atoms with van der Waals surface area (Å²) in [6, 6.07) is -0.339. The van der Waals surface area contributed by atoms with Gasteiger partial charge in [0.25, 0.3) is 0 Å². The number of morpholine rings is 1. The van der Waals surface area contributed by atoms with Gasteiger partial charge >= 0.3 is 5.97 Å². The van der Waals surface area contributed by atoms with Crippen LogP contribution < -0.4 is 0 Å². The van der Waals surface area contributed by atoms with Crippen LogP contribution in [0.1, 0.15) is 12.8 Å². The zero-order valence-electron chi connectivity index (χ0n) is 9.63. The average molecular weight is 243 g/mol. The van der Waals surface area contributed by atoms with E-state index in [-0.39, 0.29) is 24.3 Å². The summed E-state index contributed by atoms with van der Waals surface area (Å²) in [5.41, 5.74) is 0. The van der Waals surface area contributed by atoms with Crippen LogP contribution in [0.3, 0.4) is 0 Å². The highest BCUT2D eigenvalue weighted by Crippen LogP contribution is 2.20. The molecule has 6 nitrogen and oxygen atoms in total. The van der Waals surface area contributed by atoms with Crippen LogP contribution in [0.2, 0.25) is 0 Å². The van der Waals surface area contributed by atoms with E-state index in [1.807, 2.05) is 0 Å². The van der Waals surface area contributed by atoms with Crippen molar-refractivity contribution in [2.75, 3.05) is 33.0 Å². The summed E-state index contributed by atoms with van der Waals surface area (Å²) < 4.78 is 10.4. The number of carboxylic acids is 1. The first-order valence-electron chi connectivity index (χ1n) is 5.86. The lowest BCUT2D eigenvalue weighted by Crippen LogP contribution is -2.51. The molecule has 2 aliphatic rings. The number of nitrogens with zero attached hydrogens (tertiary/aromatic N) is 1. The molecule has 6 heteroatoms. The van der Waals surface area contributed by atoms with Crippen LogP contribution in [-0.2, 0) is 19.1 Å². The van der Waals surface area contributed by atoms with Crippen LogP contribution in [-0.4, -0.2) is 60.9 Å².